The second-order valence-corrected chi connectivity index (χ2v) is 16.1. The summed E-state index contributed by atoms with van der Waals surface area (Å²) in [7, 11) is 9.43. The third-order valence-corrected chi connectivity index (χ3v) is 12.7. The molecule has 1 saturated heterocycles. The number of amides is 2. The van der Waals surface area contributed by atoms with Crippen molar-refractivity contribution < 1.29 is 27.9 Å². The van der Waals surface area contributed by atoms with E-state index >= 15 is 0 Å². The molecule has 39 heavy (non-hydrogen) atoms. The number of likely N-dealkylation sites (tertiary alicyclic amines) is 1. The number of nitrogens with zero attached hydrogens (tertiary/aromatic N) is 2. The molecule has 1 aliphatic heterocycles. The minimum absolute atomic E-state index is 0.0558. The highest BCUT2D eigenvalue weighted by Crippen LogP contribution is 2.27. The first kappa shape index (κ1) is 36.0. The second-order valence-electron chi connectivity index (χ2n) is 9.99. The molecule has 0 saturated carbocycles. The molecular weight excluding hydrogens is 554 g/mol. The van der Waals surface area contributed by atoms with Gasteiger partial charge in [0.15, 0.2) is 24.3 Å². The van der Waals surface area contributed by atoms with Gasteiger partial charge >= 0.3 is 12.1 Å². The maximum atomic E-state index is 13.4. The minimum atomic E-state index is -1.89. The highest BCUT2D eigenvalue weighted by atomic mass is 31.1. The van der Waals surface area contributed by atoms with Crippen molar-refractivity contribution in [1.82, 2.24) is 25.1 Å². The van der Waals surface area contributed by atoms with Gasteiger partial charge in [-0.3, -0.25) is 9.69 Å². The van der Waals surface area contributed by atoms with Gasteiger partial charge in [0, 0.05) is 32.7 Å². The summed E-state index contributed by atoms with van der Waals surface area (Å²) in [5.41, 5.74) is 0.976. The molecule has 16 heteroatoms. The molecule has 1 fully saturated rings. The fraction of sp³-hybridized carbons (Fsp3) is 0.783. The summed E-state index contributed by atoms with van der Waals surface area (Å²) < 4.78 is 16.7. The lowest BCUT2D eigenvalue weighted by molar-refractivity contribution is -0.137. The van der Waals surface area contributed by atoms with Gasteiger partial charge in [-0.05, 0) is 43.0 Å². The third kappa shape index (κ3) is 11.8. The monoisotopic (exact) mass is 599 g/mol. The molecule has 218 valence electrons. The molecule has 0 aromatic heterocycles. The first-order chi connectivity index (χ1) is 18.5. The SMILES string of the molecule is [B]NPOC(=O)N[C@H]1CCN(C/C(=C(\C(=O)OPN[B])N(C)C(=O)C[C@@H](C)O[Si](CC)(CC)CC)C(C)C)C1. The summed E-state index contributed by atoms with van der Waals surface area (Å²) in [6, 6.07) is 2.86. The van der Waals surface area contributed by atoms with Gasteiger partial charge in [-0.1, -0.05) is 34.6 Å². The maximum absolute atomic E-state index is 13.4. The predicted octanol–water partition coefficient (Wildman–Crippen LogP) is 2.86. The fourth-order valence-electron chi connectivity index (χ4n) is 4.72. The van der Waals surface area contributed by atoms with Crippen LogP contribution in [0, 0.1) is 5.92 Å². The van der Waals surface area contributed by atoms with E-state index in [4.69, 9.17) is 29.4 Å². The molecule has 4 atom stereocenters. The standard InChI is InChI=1S/C23H45B2N5O6P2Si/c1-8-39(9-2,10-3)36-17(6)13-20(31)29(7)21(22(32)34-37-27-24)19(16(4)5)15-30-12-11-18(14-30)26-23(33)35-38-28-25/h16-18,27-28,37-38H,8-15H2,1-7H3,(H,26,33)/b21-19-/t17-,18+/m1/s1. The molecule has 0 aromatic carbocycles. The molecule has 0 bridgehead atoms. The highest BCUT2D eigenvalue weighted by Gasteiger charge is 2.34. The Labute approximate surface area is 241 Å². The number of rotatable bonds is 17. The van der Waals surface area contributed by atoms with E-state index in [1.54, 1.807) is 7.05 Å². The zero-order valence-electron chi connectivity index (χ0n) is 24.4. The zero-order valence-corrected chi connectivity index (χ0v) is 27.4. The molecule has 2 unspecified atom stereocenters. The van der Waals surface area contributed by atoms with Gasteiger partial charge in [-0.2, -0.15) is 0 Å². The Kier molecular flexibility index (Phi) is 17.0. The van der Waals surface area contributed by atoms with Crippen LogP contribution in [-0.2, 0) is 23.1 Å². The molecular formula is C23H45B2N5O6P2Si. The van der Waals surface area contributed by atoms with E-state index in [0.717, 1.165) is 30.1 Å². The number of nitrogens with one attached hydrogen (secondary N) is 3. The Bertz CT molecular complexity index is 833. The van der Waals surface area contributed by atoms with E-state index in [2.05, 4.69) is 41.0 Å². The van der Waals surface area contributed by atoms with Crippen molar-refractivity contribution in [1.29, 1.82) is 0 Å². The molecule has 1 heterocycles. The zero-order chi connectivity index (χ0) is 29.6. The summed E-state index contributed by atoms with van der Waals surface area (Å²) in [6.07, 6.45) is 0.0692. The van der Waals surface area contributed by atoms with Crippen LogP contribution in [0.2, 0.25) is 18.1 Å². The first-order valence-electron chi connectivity index (χ1n) is 13.5. The summed E-state index contributed by atoms with van der Waals surface area (Å²) in [4.78, 5) is 46.8. The van der Waals surface area contributed by atoms with Gasteiger partial charge in [0.25, 0.3) is 0 Å². The van der Waals surface area contributed by atoms with E-state index in [1.165, 1.54) is 4.90 Å². The van der Waals surface area contributed by atoms with E-state index in [9.17, 15) is 14.4 Å². The summed E-state index contributed by atoms with van der Waals surface area (Å²) in [6.45, 7) is 14.0. The molecule has 1 rings (SSSR count). The highest BCUT2D eigenvalue weighted by molar-refractivity contribution is 7.32. The van der Waals surface area contributed by atoms with Crippen LogP contribution in [0.3, 0.4) is 0 Å². The van der Waals surface area contributed by atoms with Crippen molar-refractivity contribution in [3.8, 4) is 0 Å². The topological polar surface area (TPSA) is 121 Å². The lowest BCUT2D eigenvalue weighted by Crippen LogP contribution is -2.42. The van der Waals surface area contributed by atoms with Crippen LogP contribution in [-0.4, -0.2) is 90.9 Å². The van der Waals surface area contributed by atoms with Gasteiger partial charge in [0.2, 0.25) is 5.91 Å². The van der Waals surface area contributed by atoms with Gasteiger partial charge in [0.05, 0.1) is 12.5 Å². The Balaban J connectivity index is 3.13. The third-order valence-electron chi connectivity index (χ3n) is 7.14. The Hall–Kier alpha value is -1.00. The molecule has 0 spiro atoms. The number of likely N-dealkylation sites (N-methyl/N-ethyl adjacent to an activating group) is 1. The largest absolute Gasteiger partial charge is 0.428 e. The van der Waals surface area contributed by atoms with Crippen molar-refractivity contribution >= 4 is 60.2 Å². The van der Waals surface area contributed by atoms with Crippen molar-refractivity contribution in [3.05, 3.63) is 11.3 Å². The number of carbonyl (C=O) groups is 3. The van der Waals surface area contributed by atoms with Crippen molar-refractivity contribution in [2.24, 2.45) is 5.92 Å². The number of hydrogen-bond donors (Lipinski definition) is 3. The van der Waals surface area contributed by atoms with Gasteiger partial charge in [-0.15, -0.1) is 0 Å². The van der Waals surface area contributed by atoms with E-state index in [0.29, 0.717) is 19.6 Å². The minimum Gasteiger partial charge on any atom is -0.428 e. The van der Waals surface area contributed by atoms with Crippen LogP contribution < -0.4 is 15.3 Å². The lowest BCUT2D eigenvalue weighted by Gasteiger charge is -2.33. The van der Waals surface area contributed by atoms with Gasteiger partial charge in [-0.25, -0.2) is 9.59 Å². The average molecular weight is 599 g/mol. The van der Waals surface area contributed by atoms with Crippen LogP contribution in [0.5, 0.6) is 0 Å². The van der Waals surface area contributed by atoms with Gasteiger partial charge in [0.1, 0.15) is 23.6 Å². The van der Waals surface area contributed by atoms with Crippen molar-refractivity contribution in [2.45, 2.75) is 84.7 Å². The number of carbonyl (C=O) groups excluding carboxylic acids is 3. The molecule has 4 radical (unpaired) electrons. The Morgan fingerprint density at radius 1 is 1.05 bits per heavy atom. The van der Waals surface area contributed by atoms with E-state index in [1.807, 2.05) is 20.8 Å². The number of hydrogen-bond acceptors (Lipinski definition) is 9. The molecule has 0 aliphatic carbocycles. The normalized spacial score (nSPS) is 18.1. The quantitative estimate of drug-likeness (QED) is 0.132. The van der Waals surface area contributed by atoms with Gasteiger partial charge < -0.3 is 33.7 Å². The summed E-state index contributed by atoms with van der Waals surface area (Å²) >= 11 is 0. The average Bonchev–Trinajstić information content (AvgIpc) is 3.35. The molecule has 1 aliphatic rings. The molecule has 11 nitrogen and oxygen atoms in total. The second kappa shape index (κ2) is 18.4. The lowest BCUT2D eigenvalue weighted by atomic mass is 9.99. The van der Waals surface area contributed by atoms with E-state index < -0.39 is 29.3 Å². The Morgan fingerprint density at radius 3 is 2.18 bits per heavy atom. The molecule has 0 aromatic rings. The van der Waals surface area contributed by atoms with Crippen LogP contribution in [0.25, 0.3) is 0 Å². The van der Waals surface area contributed by atoms with Crippen LogP contribution in [0.4, 0.5) is 4.79 Å². The molecule has 2 amide bonds. The van der Waals surface area contributed by atoms with Crippen LogP contribution in [0.1, 0.15) is 54.4 Å². The van der Waals surface area contributed by atoms with E-state index in [-0.39, 0.29) is 45.0 Å². The smallest absolute Gasteiger partial charge is 0.411 e. The summed E-state index contributed by atoms with van der Waals surface area (Å²) in [5.74, 6) is -0.896. The van der Waals surface area contributed by atoms with Crippen molar-refractivity contribution in [3.63, 3.8) is 0 Å². The molecule has 3 N–H and O–H groups in total. The summed E-state index contributed by atoms with van der Waals surface area (Å²) in [5, 5.41) is 2.83. The first-order valence-corrected chi connectivity index (χ1v) is 17.8. The van der Waals surface area contributed by atoms with Crippen LogP contribution >= 0.6 is 17.9 Å². The Morgan fingerprint density at radius 2 is 1.64 bits per heavy atom. The van der Waals surface area contributed by atoms with Crippen molar-refractivity contribution in [2.75, 3.05) is 26.7 Å². The van der Waals surface area contributed by atoms with Crippen LogP contribution in [0.15, 0.2) is 11.3 Å². The maximum Gasteiger partial charge on any atom is 0.411 e. The predicted molar refractivity (Wildman–Crippen MR) is 162 cm³/mol. The fourth-order valence-corrected chi connectivity index (χ4v) is 8.12.